The van der Waals surface area contributed by atoms with Crippen molar-refractivity contribution in [1.82, 2.24) is 5.32 Å². The molecule has 0 bridgehead atoms. The van der Waals surface area contributed by atoms with E-state index in [-0.39, 0.29) is 16.1 Å². The second kappa shape index (κ2) is 10.9. The molecule has 2 aromatic rings. The molecule has 1 heterocycles. The fourth-order valence-electron chi connectivity index (χ4n) is 3.01. The third-order valence-electron chi connectivity index (χ3n) is 4.65. The highest BCUT2D eigenvalue weighted by atomic mass is 32.2. The van der Waals surface area contributed by atoms with E-state index in [1.54, 1.807) is 12.1 Å². The van der Waals surface area contributed by atoms with E-state index < -0.39 is 28.5 Å². The maximum atomic E-state index is 12.9. The molecule has 0 atom stereocenters. The third-order valence-corrected chi connectivity index (χ3v) is 6.02. The molecular weight excluding hydrogens is 436 g/mol. The summed E-state index contributed by atoms with van der Waals surface area (Å²) in [5, 5.41) is 2.67. The van der Waals surface area contributed by atoms with Crippen molar-refractivity contribution in [3.05, 3.63) is 48.0 Å². The van der Waals surface area contributed by atoms with Crippen molar-refractivity contribution in [3.63, 3.8) is 0 Å². The number of carbonyl (C=O) groups is 2. The van der Waals surface area contributed by atoms with Gasteiger partial charge in [-0.3, -0.25) is 9.52 Å². The number of hydrogen-bond donors (Lipinski definition) is 2. The molecule has 0 saturated heterocycles. The summed E-state index contributed by atoms with van der Waals surface area (Å²) in [5.41, 5.74) is 0.0307. The van der Waals surface area contributed by atoms with Crippen LogP contribution in [0.1, 0.15) is 36.5 Å². The van der Waals surface area contributed by atoms with Gasteiger partial charge in [-0.15, -0.1) is 0 Å². The van der Waals surface area contributed by atoms with Gasteiger partial charge in [-0.2, -0.15) is 0 Å². The van der Waals surface area contributed by atoms with Crippen molar-refractivity contribution < 1.29 is 32.2 Å². The lowest BCUT2D eigenvalue weighted by Crippen LogP contribution is -2.29. The number of benzene rings is 2. The zero-order valence-corrected chi connectivity index (χ0v) is 18.6. The van der Waals surface area contributed by atoms with Crippen molar-refractivity contribution in [2.75, 3.05) is 31.1 Å². The van der Waals surface area contributed by atoms with Crippen LogP contribution in [0.2, 0.25) is 0 Å². The SMILES string of the molecule is CCCCCNC(=O)COC(=O)c1ccccc1NS(=O)(=O)c1ccc2c(c1)OCCO2. The first-order valence-corrected chi connectivity index (χ1v) is 11.8. The monoisotopic (exact) mass is 462 g/mol. The Morgan fingerprint density at radius 2 is 1.78 bits per heavy atom. The van der Waals surface area contributed by atoms with Gasteiger partial charge < -0.3 is 19.5 Å². The molecule has 0 spiro atoms. The zero-order chi connectivity index (χ0) is 23.0. The van der Waals surface area contributed by atoms with Crippen LogP contribution in [-0.2, 0) is 19.6 Å². The molecule has 0 unspecified atom stereocenters. The first-order valence-electron chi connectivity index (χ1n) is 10.4. The Balaban J connectivity index is 1.67. The van der Waals surface area contributed by atoms with E-state index in [0.29, 0.717) is 31.3 Å². The van der Waals surface area contributed by atoms with Crippen LogP contribution in [0.3, 0.4) is 0 Å². The Morgan fingerprint density at radius 3 is 2.56 bits per heavy atom. The summed E-state index contributed by atoms with van der Waals surface area (Å²) >= 11 is 0. The maximum Gasteiger partial charge on any atom is 0.340 e. The van der Waals surface area contributed by atoms with E-state index in [9.17, 15) is 18.0 Å². The molecule has 0 saturated carbocycles. The standard InChI is InChI=1S/C22H26N2O7S/c1-2-3-6-11-23-21(25)15-31-22(26)17-7-4-5-8-18(17)24-32(27,28)16-9-10-19-20(14-16)30-13-12-29-19/h4-5,7-10,14,24H,2-3,6,11-13,15H2,1H3,(H,23,25). The van der Waals surface area contributed by atoms with Crippen LogP contribution in [0.25, 0.3) is 0 Å². The van der Waals surface area contributed by atoms with Crippen LogP contribution in [0.15, 0.2) is 47.4 Å². The van der Waals surface area contributed by atoms with Crippen LogP contribution in [-0.4, -0.2) is 46.7 Å². The van der Waals surface area contributed by atoms with Gasteiger partial charge in [-0.1, -0.05) is 31.9 Å². The number of amides is 1. The summed E-state index contributed by atoms with van der Waals surface area (Å²) < 4.78 is 44.1. The third kappa shape index (κ3) is 6.13. The van der Waals surface area contributed by atoms with Crippen LogP contribution in [0.4, 0.5) is 5.69 Å². The first kappa shape index (κ1) is 23.4. The first-order chi connectivity index (χ1) is 15.4. The molecule has 2 aromatic carbocycles. The molecule has 0 fully saturated rings. The molecule has 2 N–H and O–H groups in total. The normalized spacial score (nSPS) is 12.7. The van der Waals surface area contributed by atoms with Crippen molar-refractivity contribution in [3.8, 4) is 11.5 Å². The molecule has 172 valence electrons. The molecule has 3 rings (SSSR count). The number of carbonyl (C=O) groups excluding carboxylic acids is 2. The topological polar surface area (TPSA) is 120 Å². The van der Waals surface area contributed by atoms with Gasteiger partial charge in [0.1, 0.15) is 13.2 Å². The number of hydrogen-bond acceptors (Lipinski definition) is 7. The maximum absolute atomic E-state index is 12.9. The average Bonchev–Trinajstić information content (AvgIpc) is 2.80. The van der Waals surface area contributed by atoms with Crippen molar-refractivity contribution >= 4 is 27.6 Å². The van der Waals surface area contributed by atoms with Gasteiger partial charge in [0.05, 0.1) is 16.1 Å². The number of fused-ring (bicyclic) bond motifs is 1. The molecule has 0 aromatic heterocycles. The van der Waals surface area contributed by atoms with Crippen LogP contribution >= 0.6 is 0 Å². The van der Waals surface area contributed by atoms with Crippen LogP contribution in [0, 0.1) is 0 Å². The molecule has 32 heavy (non-hydrogen) atoms. The quantitative estimate of drug-likeness (QED) is 0.411. The predicted molar refractivity (Wildman–Crippen MR) is 117 cm³/mol. The summed E-state index contributed by atoms with van der Waals surface area (Å²) in [6, 6.07) is 10.3. The Hall–Kier alpha value is -3.27. The minimum atomic E-state index is -4.02. The summed E-state index contributed by atoms with van der Waals surface area (Å²) in [5.74, 6) is -0.429. The van der Waals surface area contributed by atoms with E-state index >= 15 is 0 Å². The van der Waals surface area contributed by atoms with E-state index in [1.807, 2.05) is 0 Å². The number of para-hydroxylation sites is 1. The van der Waals surface area contributed by atoms with Crippen molar-refractivity contribution in [1.29, 1.82) is 0 Å². The Bertz CT molecular complexity index is 1070. The summed E-state index contributed by atoms with van der Waals surface area (Å²) in [7, 11) is -4.02. The van der Waals surface area contributed by atoms with Crippen LogP contribution < -0.4 is 19.5 Å². The number of anilines is 1. The van der Waals surface area contributed by atoms with E-state index in [0.717, 1.165) is 19.3 Å². The number of rotatable bonds is 10. The fraction of sp³-hybridized carbons (Fsp3) is 0.364. The number of nitrogens with one attached hydrogen (secondary N) is 2. The van der Waals surface area contributed by atoms with Gasteiger partial charge in [0, 0.05) is 12.6 Å². The molecule has 1 amide bonds. The molecule has 0 radical (unpaired) electrons. The highest BCUT2D eigenvalue weighted by molar-refractivity contribution is 7.92. The Morgan fingerprint density at radius 1 is 1.03 bits per heavy atom. The van der Waals surface area contributed by atoms with Gasteiger partial charge in [-0.05, 0) is 30.7 Å². The molecular formula is C22H26N2O7S. The summed E-state index contributed by atoms with van der Waals surface area (Å²) in [4.78, 5) is 24.3. The lowest BCUT2D eigenvalue weighted by Gasteiger charge is -2.19. The Kier molecular flexibility index (Phi) is 7.93. The molecule has 1 aliphatic rings. The molecule has 1 aliphatic heterocycles. The lowest BCUT2D eigenvalue weighted by atomic mass is 10.2. The Labute approximate surface area is 187 Å². The van der Waals surface area contributed by atoms with Crippen molar-refractivity contribution in [2.24, 2.45) is 0 Å². The van der Waals surface area contributed by atoms with E-state index in [2.05, 4.69) is 17.0 Å². The number of unbranched alkanes of at least 4 members (excludes halogenated alkanes) is 2. The summed E-state index contributed by atoms with van der Waals surface area (Å²) in [6.45, 7) is 2.84. The number of esters is 1. The van der Waals surface area contributed by atoms with E-state index in [1.165, 1.54) is 30.3 Å². The van der Waals surface area contributed by atoms with Gasteiger partial charge in [-0.25, -0.2) is 13.2 Å². The largest absolute Gasteiger partial charge is 0.486 e. The minimum Gasteiger partial charge on any atom is -0.486 e. The van der Waals surface area contributed by atoms with Crippen molar-refractivity contribution in [2.45, 2.75) is 31.1 Å². The van der Waals surface area contributed by atoms with Gasteiger partial charge in [0.2, 0.25) is 0 Å². The van der Waals surface area contributed by atoms with Gasteiger partial charge >= 0.3 is 5.97 Å². The molecule has 9 nitrogen and oxygen atoms in total. The fourth-order valence-corrected chi connectivity index (χ4v) is 4.10. The van der Waals surface area contributed by atoms with Gasteiger partial charge in [0.15, 0.2) is 18.1 Å². The second-order valence-corrected chi connectivity index (χ2v) is 8.77. The number of sulfonamides is 1. The smallest absolute Gasteiger partial charge is 0.340 e. The lowest BCUT2D eigenvalue weighted by molar-refractivity contribution is -0.124. The number of ether oxygens (including phenoxy) is 3. The zero-order valence-electron chi connectivity index (χ0n) is 17.8. The molecule has 0 aliphatic carbocycles. The van der Waals surface area contributed by atoms with E-state index in [4.69, 9.17) is 14.2 Å². The summed E-state index contributed by atoms with van der Waals surface area (Å²) in [6.07, 6.45) is 2.88. The van der Waals surface area contributed by atoms with Crippen LogP contribution in [0.5, 0.6) is 11.5 Å². The minimum absolute atomic E-state index is 0.00704. The predicted octanol–water partition coefficient (Wildman–Crippen LogP) is 2.72. The molecule has 10 heteroatoms. The highest BCUT2D eigenvalue weighted by Gasteiger charge is 2.22. The van der Waals surface area contributed by atoms with Gasteiger partial charge in [0.25, 0.3) is 15.9 Å². The average molecular weight is 463 g/mol. The second-order valence-electron chi connectivity index (χ2n) is 7.09. The highest BCUT2D eigenvalue weighted by Crippen LogP contribution is 2.33.